The molecule has 0 aliphatic carbocycles. The molecule has 0 bridgehead atoms. The Balaban J connectivity index is 3.02. The van der Waals surface area contributed by atoms with Gasteiger partial charge in [-0.25, -0.2) is 0 Å². The molecule has 118 valence electrons. The normalized spacial score (nSPS) is 10.8. The lowest BCUT2D eigenvalue weighted by molar-refractivity contribution is -0.140. The highest BCUT2D eigenvalue weighted by Gasteiger charge is 2.14. The van der Waals surface area contributed by atoms with Crippen LogP contribution in [0.1, 0.15) is 39.7 Å². The van der Waals surface area contributed by atoms with Crippen LogP contribution in [-0.4, -0.2) is 25.3 Å². The summed E-state index contributed by atoms with van der Waals surface area (Å²) in [7, 11) is 1.37. The SMILES string of the molecule is COC(=O)CCc1cc(OC(C)C)c(OC(C)C)cc1N. The van der Waals surface area contributed by atoms with Gasteiger partial charge in [0, 0.05) is 18.2 Å². The van der Waals surface area contributed by atoms with E-state index >= 15 is 0 Å². The molecular weight excluding hydrogens is 270 g/mol. The zero-order valence-corrected chi connectivity index (χ0v) is 13.4. The third-order valence-electron chi connectivity index (χ3n) is 2.76. The Kier molecular flexibility index (Phi) is 6.34. The monoisotopic (exact) mass is 295 g/mol. The summed E-state index contributed by atoms with van der Waals surface area (Å²) in [5, 5.41) is 0. The molecule has 5 nitrogen and oxygen atoms in total. The fraction of sp³-hybridized carbons (Fsp3) is 0.562. The van der Waals surface area contributed by atoms with Crippen LogP contribution in [0.3, 0.4) is 0 Å². The molecule has 0 saturated heterocycles. The molecule has 0 heterocycles. The van der Waals surface area contributed by atoms with Gasteiger partial charge in [-0.2, -0.15) is 0 Å². The Morgan fingerprint density at radius 2 is 1.62 bits per heavy atom. The average Bonchev–Trinajstić information content (AvgIpc) is 2.38. The minimum absolute atomic E-state index is 0.0246. The first-order chi connectivity index (χ1) is 9.83. The van der Waals surface area contributed by atoms with Crippen molar-refractivity contribution in [3.05, 3.63) is 17.7 Å². The largest absolute Gasteiger partial charge is 0.487 e. The number of ether oxygens (including phenoxy) is 3. The predicted molar refractivity (Wildman–Crippen MR) is 82.7 cm³/mol. The van der Waals surface area contributed by atoms with Gasteiger partial charge in [0.05, 0.1) is 19.3 Å². The number of hydrogen-bond donors (Lipinski definition) is 1. The maximum absolute atomic E-state index is 11.3. The van der Waals surface area contributed by atoms with Gasteiger partial charge in [-0.3, -0.25) is 4.79 Å². The first kappa shape index (κ1) is 17.1. The van der Waals surface area contributed by atoms with Crippen LogP contribution in [0.25, 0.3) is 0 Å². The van der Waals surface area contributed by atoms with E-state index in [-0.39, 0.29) is 24.6 Å². The smallest absolute Gasteiger partial charge is 0.305 e. The van der Waals surface area contributed by atoms with E-state index in [9.17, 15) is 4.79 Å². The van der Waals surface area contributed by atoms with Crippen molar-refractivity contribution < 1.29 is 19.0 Å². The number of benzene rings is 1. The van der Waals surface area contributed by atoms with Crippen molar-refractivity contribution in [2.75, 3.05) is 12.8 Å². The number of nitrogens with two attached hydrogens (primary N) is 1. The van der Waals surface area contributed by atoms with Gasteiger partial charge in [0.2, 0.25) is 0 Å². The zero-order valence-electron chi connectivity index (χ0n) is 13.4. The van der Waals surface area contributed by atoms with Gasteiger partial charge >= 0.3 is 5.97 Å². The van der Waals surface area contributed by atoms with E-state index < -0.39 is 0 Å². The minimum Gasteiger partial charge on any atom is -0.487 e. The van der Waals surface area contributed by atoms with Crippen molar-refractivity contribution in [3.63, 3.8) is 0 Å². The number of carbonyl (C=O) groups excluding carboxylic acids is 1. The highest BCUT2D eigenvalue weighted by atomic mass is 16.5. The Morgan fingerprint density at radius 1 is 1.10 bits per heavy atom. The molecule has 2 N–H and O–H groups in total. The second-order valence-corrected chi connectivity index (χ2v) is 5.41. The van der Waals surface area contributed by atoms with Gasteiger partial charge in [-0.05, 0) is 45.7 Å². The summed E-state index contributed by atoms with van der Waals surface area (Å²) < 4.78 is 16.2. The quantitative estimate of drug-likeness (QED) is 0.618. The summed E-state index contributed by atoms with van der Waals surface area (Å²) in [4.78, 5) is 11.3. The molecule has 1 rings (SSSR count). The van der Waals surface area contributed by atoms with Crippen LogP contribution in [0.5, 0.6) is 11.5 Å². The third-order valence-corrected chi connectivity index (χ3v) is 2.76. The summed E-state index contributed by atoms with van der Waals surface area (Å²) in [5.41, 5.74) is 7.48. The fourth-order valence-corrected chi connectivity index (χ4v) is 1.87. The van der Waals surface area contributed by atoms with Crippen molar-refractivity contribution in [3.8, 4) is 11.5 Å². The van der Waals surface area contributed by atoms with Crippen molar-refractivity contribution in [1.82, 2.24) is 0 Å². The summed E-state index contributed by atoms with van der Waals surface area (Å²) in [5.74, 6) is 1.01. The number of anilines is 1. The van der Waals surface area contributed by atoms with Crippen LogP contribution in [-0.2, 0) is 16.0 Å². The zero-order chi connectivity index (χ0) is 16.0. The fourth-order valence-electron chi connectivity index (χ4n) is 1.87. The Morgan fingerprint density at radius 3 is 2.10 bits per heavy atom. The summed E-state index contributed by atoms with van der Waals surface area (Å²) in [6, 6.07) is 3.60. The number of methoxy groups -OCH3 is 1. The number of hydrogen-bond acceptors (Lipinski definition) is 5. The van der Waals surface area contributed by atoms with Gasteiger partial charge in [-0.1, -0.05) is 0 Å². The van der Waals surface area contributed by atoms with Crippen LogP contribution in [0.2, 0.25) is 0 Å². The van der Waals surface area contributed by atoms with Crippen molar-refractivity contribution >= 4 is 11.7 Å². The Labute approximate surface area is 126 Å². The molecule has 21 heavy (non-hydrogen) atoms. The van der Waals surface area contributed by atoms with Crippen molar-refractivity contribution in [2.24, 2.45) is 0 Å². The number of nitrogen functional groups attached to an aromatic ring is 1. The molecule has 0 unspecified atom stereocenters. The molecule has 0 fully saturated rings. The minimum atomic E-state index is -0.261. The van der Waals surface area contributed by atoms with Crippen molar-refractivity contribution in [1.29, 1.82) is 0 Å². The number of rotatable bonds is 7. The van der Waals surface area contributed by atoms with Crippen LogP contribution in [0.15, 0.2) is 12.1 Å². The number of aryl methyl sites for hydroxylation is 1. The summed E-state index contributed by atoms with van der Waals surface area (Å²) in [6.07, 6.45) is 0.845. The Bertz CT molecular complexity index is 483. The van der Waals surface area contributed by atoms with E-state index in [1.54, 1.807) is 6.07 Å². The lowest BCUT2D eigenvalue weighted by Gasteiger charge is -2.19. The van der Waals surface area contributed by atoms with Gasteiger partial charge in [0.1, 0.15) is 0 Å². The predicted octanol–water partition coefficient (Wildman–Crippen LogP) is 2.95. The maximum atomic E-state index is 11.3. The molecule has 1 aromatic carbocycles. The molecule has 0 radical (unpaired) electrons. The van der Waals surface area contributed by atoms with Crippen LogP contribution in [0, 0.1) is 0 Å². The maximum Gasteiger partial charge on any atom is 0.305 e. The number of carbonyl (C=O) groups is 1. The van der Waals surface area contributed by atoms with Gasteiger partial charge in [-0.15, -0.1) is 0 Å². The topological polar surface area (TPSA) is 70.8 Å². The molecule has 0 atom stereocenters. The second kappa shape index (κ2) is 7.76. The van der Waals surface area contributed by atoms with E-state index in [4.69, 9.17) is 15.2 Å². The van der Waals surface area contributed by atoms with Crippen LogP contribution < -0.4 is 15.2 Å². The van der Waals surface area contributed by atoms with Gasteiger partial charge in [0.25, 0.3) is 0 Å². The van der Waals surface area contributed by atoms with E-state index in [1.807, 2.05) is 33.8 Å². The molecule has 0 amide bonds. The Hall–Kier alpha value is -1.91. The molecule has 0 saturated carbocycles. The first-order valence-corrected chi connectivity index (χ1v) is 7.16. The lowest BCUT2D eigenvalue weighted by atomic mass is 10.1. The molecule has 0 aliphatic rings. The van der Waals surface area contributed by atoms with E-state index in [1.165, 1.54) is 7.11 Å². The van der Waals surface area contributed by atoms with E-state index in [0.29, 0.717) is 23.6 Å². The molecule has 0 aliphatic heterocycles. The molecule has 0 spiro atoms. The highest BCUT2D eigenvalue weighted by molar-refractivity contribution is 5.70. The van der Waals surface area contributed by atoms with E-state index in [0.717, 1.165) is 5.56 Å². The average molecular weight is 295 g/mol. The second-order valence-electron chi connectivity index (χ2n) is 5.41. The molecule has 5 heteroatoms. The standard InChI is InChI=1S/C16H25NO4/c1-10(2)20-14-8-12(6-7-16(18)19-5)13(17)9-15(14)21-11(3)4/h8-11H,6-7,17H2,1-5H3. The summed E-state index contributed by atoms with van der Waals surface area (Å²) >= 11 is 0. The third kappa shape index (κ3) is 5.53. The summed E-state index contributed by atoms with van der Waals surface area (Å²) in [6.45, 7) is 7.79. The van der Waals surface area contributed by atoms with Gasteiger partial charge < -0.3 is 19.9 Å². The van der Waals surface area contributed by atoms with E-state index in [2.05, 4.69) is 4.74 Å². The molecular formula is C16H25NO4. The van der Waals surface area contributed by atoms with Crippen molar-refractivity contribution in [2.45, 2.75) is 52.7 Å². The van der Waals surface area contributed by atoms with Crippen LogP contribution in [0.4, 0.5) is 5.69 Å². The first-order valence-electron chi connectivity index (χ1n) is 7.16. The lowest BCUT2D eigenvalue weighted by Crippen LogP contribution is -2.12. The van der Waals surface area contributed by atoms with Crippen LogP contribution >= 0.6 is 0 Å². The molecule has 1 aromatic rings. The highest BCUT2D eigenvalue weighted by Crippen LogP contribution is 2.34. The molecule has 0 aromatic heterocycles. The number of esters is 1. The van der Waals surface area contributed by atoms with Gasteiger partial charge in [0.15, 0.2) is 11.5 Å².